The Labute approximate surface area is 179 Å². The van der Waals surface area contributed by atoms with Gasteiger partial charge in [-0.2, -0.15) is 0 Å². The van der Waals surface area contributed by atoms with E-state index in [0.29, 0.717) is 31.6 Å². The number of halogens is 1. The van der Waals surface area contributed by atoms with Gasteiger partial charge in [0.05, 0.1) is 5.92 Å². The number of likely N-dealkylation sites (tertiary alicyclic amines) is 1. The molecule has 2 aromatic rings. The van der Waals surface area contributed by atoms with E-state index in [2.05, 4.69) is 10.3 Å². The number of pyridine rings is 1. The van der Waals surface area contributed by atoms with Crippen LogP contribution in [0.15, 0.2) is 36.5 Å². The predicted molar refractivity (Wildman–Crippen MR) is 113 cm³/mol. The molecule has 3 unspecified atom stereocenters. The summed E-state index contributed by atoms with van der Waals surface area (Å²) in [5, 5.41) is 13.4. The predicted octanol–water partition coefficient (Wildman–Crippen LogP) is 2.81. The number of alkyl halides is 1. The lowest BCUT2D eigenvalue weighted by Crippen LogP contribution is -2.49. The lowest BCUT2D eigenvalue weighted by molar-refractivity contribution is -0.148. The first-order valence-electron chi connectivity index (χ1n) is 10.5. The van der Waals surface area contributed by atoms with Crippen LogP contribution in [0.4, 0.5) is 10.2 Å². The van der Waals surface area contributed by atoms with Crippen LogP contribution in [0.25, 0.3) is 10.8 Å². The molecule has 8 nitrogen and oxygen atoms in total. The Bertz CT molecular complexity index is 954. The third kappa shape index (κ3) is 5.16. The average molecular weight is 430 g/mol. The van der Waals surface area contributed by atoms with Crippen LogP contribution < -0.4 is 10.8 Å². The van der Waals surface area contributed by atoms with Crippen LogP contribution >= 0.6 is 0 Å². The molecule has 0 aliphatic carbocycles. The van der Waals surface area contributed by atoms with Gasteiger partial charge in [-0.15, -0.1) is 0 Å². The number of carbonyl (C=O) groups excluding carboxylic acids is 3. The Morgan fingerprint density at radius 1 is 1.29 bits per heavy atom. The number of rotatable bonds is 8. The van der Waals surface area contributed by atoms with Crippen molar-refractivity contribution in [3.63, 3.8) is 0 Å². The van der Waals surface area contributed by atoms with Crippen molar-refractivity contribution in [1.29, 1.82) is 0 Å². The second-order valence-corrected chi connectivity index (χ2v) is 7.72. The molecule has 9 heteroatoms. The first-order chi connectivity index (χ1) is 15.0. The Hall–Kier alpha value is -3.07. The summed E-state index contributed by atoms with van der Waals surface area (Å²) < 4.78 is 14.6. The standard InChI is InChI=1S/C22H27FN4O4/c1-2-3-9-16(19(23)21(29)26-31)22(30)27-11-6-10-17(27)20(28)25-18-12-14-7-4-5-8-15(14)13-24-18/h4-5,7-8,12-13,16-17,19,31H,2-3,6,9-11H2,1H3,(H,26,29)(H,24,25,28). The number of hydroxylamine groups is 1. The topological polar surface area (TPSA) is 112 Å². The van der Waals surface area contributed by atoms with Gasteiger partial charge in [-0.05, 0) is 30.7 Å². The van der Waals surface area contributed by atoms with Gasteiger partial charge in [0.15, 0.2) is 6.17 Å². The second kappa shape index (κ2) is 10.3. The average Bonchev–Trinajstić information content (AvgIpc) is 3.28. The third-order valence-electron chi connectivity index (χ3n) is 5.62. The summed E-state index contributed by atoms with van der Waals surface area (Å²) in [7, 11) is 0. The molecule has 1 aromatic carbocycles. The first-order valence-corrected chi connectivity index (χ1v) is 10.5. The highest BCUT2D eigenvalue weighted by Gasteiger charge is 2.41. The van der Waals surface area contributed by atoms with E-state index in [9.17, 15) is 18.8 Å². The number of anilines is 1. The van der Waals surface area contributed by atoms with Crippen LogP contribution in [0.1, 0.15) is 39.0 Å². The number of carbonyl (C=O) groups is 3. The molecule has 1 saturated heterocycles. The number of fused-ring (bicyclic) bond motifs is 1. The lowest BCUT2D eigenvalue weighted by atomic mass is 9.94. The molecule has 166 valence electrons. The summed E-state index contributed by atoms with van der Waals surface area (Å²) in [6, 6.07) is 8.59. The molecule has 1 aliphatic heterocycles. The van der Waals surface area contributed by atoms with Crippen LogP contribution in [-0.2, 0) is 14.4 Å². The molecular weight excluding hydrogens is 403 g/mol. The van der Waals surface area contributed by atoms with E-state index in [0.717, 1.165) is 17.2 Å². The van der Waals surface area contributed by atoms with Gasteiger partial charge in [0.1, 0.15) is 11.9 Å². The minimum Gasteiger partial charge on any atom is -0.330 e. The molecule has 0 saturated carbocycles. The van der Waals surface area contributed by atoms with Crippen molar-refractivity contribution in [2.75, 3.05) is 11.9 Å². The van der Waals surface area contributed by atoms with Crippen molar-refractivity contribution in [2.24, 2.45) is 5.92 Å². The molecule has 2 heterocycles. The minimum absolute atomic E-state index is 0.154. The molecule has 3 rings (SSSR count). The summed E-state index contributed by atoms with van der Waals surface area (Å²) in [6.07, 6.45) is 1.92. The maximum absolute atomic E-state index is 14.6. The second-order valence-electron chi connectivity index (χ2n) is 7.72. The summed E-state index contributed by atoms with van der Waals surface area (Å²) in [5.41, 5.74) is 1.28. The van der Waals surface area contributed by atoms with Crippen molar-refractivity contribution in [3.05, 3.63) is 36.5 Å². The number of benzene rings is 1. The van der Waals surface area contributed by atoms with Crippen LogP contribution in [0.2, 0.25) is 0 Å². The normalized spacial score (nSPS) is 17.9. The Morgan fingerprint density at radius 2 is 2.03 bits per heavy atom. The van der Waals surface area contributed by atoms with Gasteiger partial charge in [-0.1, -0.05) is 44.0 Å². The molecule has 1 aliphatic rings. The van der Waals surface area contributed by atoms with Gasteiger partial charge < -0.3 is 10.2 Å². The zero-order chi connectivity index (χ0) is 22.4. The zero-order valence-corrected chi connectivity index (χ0v) is 17.4. The Morgan fingerprint density at radius 3 is 2.74 bits per heavy atom. The molecule has 3 amide bonds. The molecule has 3 N–H and O–H groups in total. The summed E-state index contributed by atoms with van der Waals surface area (Å²) in [4.78, 5) is 43.2. The fourth-order valence-corrected chi connectivity index (χ4v) is 3.94. The summed E-state index contributed by atoms with van der Waals surface area (Å²) >= 11 is 0. The van der Waals surface area contributed by atoms with E-state index in [-0.39, 0.29) is 6.42 Å². The van der Waals surface area contributed by atoms with Gasteiger partial charge in [-0.3, -0.25) is 19.6 Å². The maximum atomic E-state index is 14.6. The van der Waals surface area contributed by atoms with Crippen LogP contribution in [0.5, 0.6) is 0 Å². The van der Waals surface area contributed by atoms with E-state index < -0.39 is 35.9 Å². The molecule has 0 spiro atoms. The molecule has 1 fully saturated rings. The number of aromatic nitrogens is 1. The number of hydrogen-bond acceptors (Lipinski definition) is 5. The van der Waals surface area contributed by atoms with Crippen LogP contribution in [0, 0.1) is 5.92 Å². The number of amides is 3. The van der Waals surface area contributed by atoms with Crippen molar-refractivity contribution in [2.45, 2.75) is 51.2 Å². The molecule has 0 radical (unpaired) electrons. The van der Waals surface area contributed by atoms with E-state index in [1.807, 2.05) is 31.2 Å². The molecule has 31 heavy (non-hydrogen) atoms. The first kappa shape index (κ1) is 22.6. The highest BCUT2D eigenvalue weighted by molar-refractivity contribution is 5.99. The summed E-state index contributed by atoms with van der Waals surface area (Å²) in [5.74, 6) is -3.12. The van der Waals surface area contributed by atoms with Gasteiger partial charge in [0.2, 0.25) is 11.8 Å². The van der Waals surface area contributed by atoms with Crippen LogP contribution in [-0.4, -0.2) is 51.6 Å². The van der Waals surface area contributed by atoms with Crippen LogP contribution in [0.3, 0.4) is 0 Å². The highest BCUT2D eigenvalue weighted by atomic mass is 19.1. The lowest BCUT2D eigenvalue weighted by Gasteiger charge is -2.29. The molecule has 0 bridgehead atoms. The largest absolute Gasteiger partial charge is 0.330 e. The number of nitrogens with one attached hydrogen (secondary N) is 2. The quantitative estimate of drug-likeness (QED) is 0.440. The maximum Gasteiger partial charge on any atom is 0.278 e. The summed E-state index contributed by atoms with van der Waals surface area (Å²) in [6.45, 7) is 2.20. The third-order valence-corrected chi connectivity index (χ3v) is 5.62. The van der Waals surface area contributed by atoms with E-state index in [1.165, 1.54) is 10.4 Å². The van der Waals surface area contributed by atoms with Gasteiger partial charge in [-0.25, -0.2) is 14.9 Å². The monoisotopic (exact) mass is 430 g/mol. The Balaban J connectivity index is 1.74. The van der Waals surface area contributed by atoms with Crippen molar-refractivity contribution in [1.82, 2.24) is 15.4 Å². The number of nitrogens with zero attached hydrogens (tertiary/aromatic N) is 2. The van der Waals surface area contributed by atoms with Gasteiger partial charge in [0, 0.05) is 18.1 Å². The van der Waals surface area contributed by atoms with Crippen molar-refractivity contribution in [3.8, 4) is 0 Å². The van der Waals surface area contributed by atoms with E-state index >= 15 is 0 Å². The van der Waals surface area contributed by atoms with Gasteiger partial charge >= 0.3 is 0 Å². The number of unbranched alkanes of at least 4 members (excludes halogenated alkanes) is 1. The minimum atomic E-state index is -2.18. The fourth-order valence-electron chi connectivity index (χ4n) is 3.94. The molecule has 1 aromatic heterocycles. The van der Waals surface area contributed by atoms with Crippen molar-refractivity contribution >= 4 is 34.3 Å². The van der Waals surface area contributed by atoms with Crippen molar-refractivity contribution < 1.29 is 24.0 Å². The van der Waals surface area contributed by atoms with Gasteiger partial charge in [0.25, 0.3) is 5.91 Å². The highest BCUT2D eigenvalue weighted by Crippen LogP contribution is 2.26. The Kier molecular flexibility index (Phi) is 7.51. The SMILES string of the molecule is CCCCC(C(=O)N1CCCC1C(=O)Nc1cc2ccccc2cn1)C(F)C(=O)NO. The molecular formula is C22H27FN4O4. The van der Waals surface area contributed by atoms with E-state index in [1.54, 1.807) is 12.3 Å². The van der Waals surface area contributed by atoms with E-state index in [4.69, 9.17) is 5.21 Å². The zero-order valence-electron chi connectivity index (χ0n) is 17.4. The molecule has 3 atom stereocenters. The smallest absolute Gasteiger partial charge is 0.278 e. The number of hydrogen-bond donors (Lipinski definition) is 3. The fraction of sp³-hybridized carbons (Fsp3) is 0.455.